The smallest absolute Gasteiger partial charge is 0.253 e. The largest absolute Gasteiger partial charge is 0.457 e. The topological polar surface area (TPSA) is 48.0 Å². The molecule has 5 nitrogen and oxygen atoms in total. The van der Waals surface area contributed by atoms with Crippen molar-refractivity contribution in [1.82, 2.24) is 4.90 Å². The van der Waals surface area contributed by atoms with E-state index >= 15 is 0 Å². The van der Waals surface area contributed by atoms with Gasteiger partial charge in [0.2, 0.25) is 0 Å². The molecule has 0 bridgehead atoms. The standard InChI is InChI=1S/C21H23NO4/c23-20(22-11-9-16(10-12-22)21-24-13-14-25-21)17-5-4-8-19(15-17)26-18-6-2-1-3-7-18/h1-8,15-16,21H,9-14H2. The molecule has 5 heteroatoms. The zero-order valence-corrected chi connectivity index (χ0v) is 14.7. The number of hydrogen-bond acceptors (Lipinski definition) is 4. The molecule has 0 aromatic heterocycles. The van der Waals surface area contributed by atoms with Crippen LogP contribution in [0.4, 0.5) is 0 Å². The molecule has 0 spiro atoms. The van der Waals surface area contributed by atoms with E-state index in [1.54, 1.807) is 0 Å². The quantitative estimate of drug-likeness (QED) is 0.841. The molecule has 26 heavy (non-hydrogen) atoms. The molecule has 0 aliphatic carbocycles. The van der Waals surface area contributed by atoms with Gasteiger partial charge >= 0.3 is 0 Å². The molecule has 136 valence electrons. The van der Waals surface area contributed by atoms with E-state index in [1.165, 1.54) is 0 Å². The van der Waals surface area contributed by atoms with Crippen LogP contribution in [0.5, 0.6) is 11.5 Å². The van der Waals surface area contributed by atoms with Crippen LogP contribution in [0.3, 0.4) is 0 Å². The maximum Gasteiger partial charge on any atom is 0.253 e. The van der Waals surface area contributed by atoms with Crippen LogP contribution in [0.1, 0.15) is 23.2 Å². The number of rotatable bonds is 4. The molecule has 2 aromatic carbocycles. The predicted octanol–water partition coefficient (Wildman–Crippen LogP) is 3.70. The van der Waals surface area contributed by atoms with Gasteiger partial charge in [-0.15, -0.1) is 0 Å². The molecule has 0 unspecified atom stereocenters. The highest BCUT2D eigenvalue weighted by Crippen LogP contribution is 2.27. The summed E-state index contributed by atoms with van der Waals surface area (Å²) in [5.74, 6) is 1.86. The van der Waals surface area contributed by atoms with Crippen molar-refractivity contribution in [2.24, 2.45) is 5.92 Å². The molecule has 0 atom stereocenters. The van der Waals surface area contributed by atoms with E-state index in [4.69, 9.17) is 14.2 Å². The second-order valence-electron chi connectivity index (χ2n) is 6.68. The fourth-order valence-corrected chi connectivity index (χ4v) is 3.52. The van der Waals surface area contributed by atoms with Crippen molar-refractivity contribution < 1.29 is 19.0 Å². The first kappa shape index (κ1) is 17.1. The summed E-state index contributed by atoms with van der Waals surface area (Å²) in [6.07, 6.45) is 1.74. The SMILES string of the molecule is O=C(c1cccc(Oc2ccccc2)c1)N1CCC(C2OCCO2)CC1. The average Bonchev–Trinajstić information content (AvgIpc) is 3.23. The molecular formula is C21H23NO4. The van der Waals surface area contributed by atoms with Crippen molar-refractivity contribution >= 4 is 5.91 Å². The molecule has 0 N–H and O–H groups in total. The van der Waals surface area contributed by atoms with Gasteiger partial charge in [0.05, 0.1) is 13.2 Å². The van der Waals surface area contributed by atoms with Gasteiger partial charge in [-0.25, -0.2) is 0 Å². The summed E-state index contributed by atoms with van der Waals surface area (Å²) in [7, 11) is 0. The summed E-state index contributed by atoms with van der Waals surface area (Å²) in [5.41, 5.74) is 0.658. The van der Waals surface area contributed by atoms with Gasteiger partial charge < -0.3 is 19.1 Å². The maximum atomic E-state index is 12.8. The maximum absolute atomic E-state index is 12.8. The normalized spacial score (nSPS) is 18.8. The Labute approximate surface area is 153 Å². The Morgan fingerprint density at radius 1 is 0.923 bits per heavy atom. The van der Waals surface area contributed by atoms with Crippen molar-refractivity contribution in [3.05, 3.63) is 60.2 Å². The van der Waals surface area contributed by atoms with E-state index in [0.717, 1.165) is 31.7 Å². The van der Waals surface area contributed by atoms with Gasteiger partial charge in [-0.1, -0.05) is 24.3 Å². The van der Waals surface area contributed by atoms with Crippen molar-refractivity contribution in [2.75, 3.05) is 26.3 Å². The Morgan fingerprint density at radius 3 is 2.35 bits per heavy atom. The minimum Gasteiger partial charge on any atom is -0.457 e. The van der Waals surface area contributed by atoms with E-state index in [1.807, 2.05) is 59.5 Å². The van der Waals surface area contributed by atoms with E-state index < -0.39 is 0 Å². The Morgan fingerprint density at radius 2 is 1.62 bits per heavy atom. The van der Waals surface area contributed by atoms with Gasteiger partial charge in [-0.2, -0.15) is 0 Å². The molecule has 2 aliphatic rings. The fraction of sp³-hybridized carbons (Fsp3) is 0.381. The summed E-state index contributed by atoms with van der Waals surface area (Å²) < 4.78 is 17.0. The summed E-state index contributed by atoms with van der Waals surface area (Å²) in [4.78, 5) is 14.8. The van der Waals surface area contributed by atoms with E-state index in [9.17, 15) is 4.79 Å². The average molecular weight is 353 g/mol. The molecule has 1 amide bonds. The molecule has 0 radical (unpaired) electrons. The molecule has 2 aromatic rings. The highest BCUT2D eigenvalue weighted by atomic mass is 16.7. The van der Waals surface area contributed by atoms with Crippen LogP contribution in [0.25, 0.3) is 0 Å². The molecule has 2 aliphatic heterocycles. The van der Waals surface area contributed by atoms with Crippen LogP contribution in [-0.2, 0) is 9.47 Å². The molecular weight excluding hydrogens is 330 g/mol. The van der Waals surface area contributed by atoms with E-state index in [0.29, 0.717) is 30.4 Å². The minimum absolute atomic E-state index is 0.0511. The third-order valence-electron chi connectivity index (χ3n) is 4.92. The number of carbonyl (C=O) groups excluding carboxylic acids is 1. The highest BCUT2D eigenvalue weighted by Gasteiger charge is 2.32. The lowest BCUT2D eigenvalue weighted by atomic mass is 9.95. The second-order valence-corrected chi connectivity index (χ2v) is 6.68. The summed E-state index contributed by atoms with van der Waals surface area (Å²) in [5, 5.41) is 0. The first-order chi connectivity index (χ1) is 12.8. The van der Waals surface area contributed by atoms with Crippen molar-refractivity contribution in [3.8, 4) is 11.5 Å². The van der Waals surface area contributed by atoms with Gasteiger partial charge in [0.25, 0.3) is 5.91 Å². The lowest BCUT2D eigenvalue weighted by Gasteiger charge is -2.33. The third kappa shape index (κ3) is 3.89. The van der Waals surface area contributed by atoms with E-state index in [2.05, 4.69) is 0 Å². The van der Waals surface area contributed by atoms with Crippen LogP contribution >= 0.6 is 0 Å². The van der Waals surface area contributed by atoms with Gasteiger partial charge in [0.15, 0.2) is 6.29 Å². The van der Waals surface area contributed by atoms with Crippen molar-refractivity contribution in [2.45, 2.75) is 19.1 Å². The zero-order chi connectivity index (χ0) is 17.8. The number of nitrogens with zero attached hydrogens (tertiary/aromatic N) is 1. The number of benzene rings is 2. The number of carbonyl (C=O) groups is 1. The Kier molecular flexibility index (Phi) is 5.18. The van der Waals surface area contributed by atoms with Crippen molar-refractivity contribution in [1.29, 1.82) is 0 Å². The lowest BCUT2D eigenvalue weighted by Crippen LogP contribution is -2.41. The van der Waals surface area contributed by atoms with Gasteiger partial charge in [0.1, 0.15) is 11.5 Å². The third-order valence-corrected chi connectivity index (χ3v) is 4.92. The Hall–Kier alpha value is -2.37. The summed E-state index contributed by atoms with van der Waals surface area (Å²) in [6, 6.07) is 17.0. The summed E-state index contributed by atoms with van der Waals surface area (Å²) in [6.45, 7) is 2.82. The minimum atomic E-state index is -0.0881. The molecule has 4 rings (SSSR count). The first-order valence-corrected chi connectivity index (χ1v) is 9.15. The predicted molar refractivity (Wildman–Crippen MR) is 97.3 cm³/mol. The van der Waals surface area contributed by atoms with Gasteiger partial charge in [-0.3, -0.25) is 4.79 Å². The van der Waals surface area contributed by atoms with Crippen LogP contribution in [0, 0.1) is 5.92 Å². The molecule has 2 fully saturated rings. The summed E-state index contributed by atoms with van der Waals surface area (Å²) >= 11 is 0. The number of likely N-dealkylation sites (tertiary alicyclic amines) is 1. The van der Waals surface area contributed by atoms with Crippen LogP contribution in [0.2, 0.25) is 0 Å². The molecule has 0 saturated carbocycles. The van der Waals surface area contributed by atoms with Gasteiger partial charge in [-0.05, 0) is 43.2 Å². The second kappa shape index (κ2) is 7.89. The monoisotopic (exact) mass is 353 g/mol. The number of amides is 1. The zero-order valence-electron chi connectivity index (χ0n) is 14.7. The number of hydrogen-bond donors (Lipinski definition) is 0. The number of piperidine rings is 1. The van der Waals surface area contributed by atoms with Crippen molar-refractivity contribution in [3.63, 3.8) is 0 Å². The number of ether oxygens (including phenoxy) is 3. The first-order valence-electron chi connectivity index (χ1n) is 9.15. The fourth-order valence-electron chi connectivity index (χ4n) is 3.52. The molecule has 2 heterocycles. The highest BCUT2D eigenvalue weighted by molar-refractivity contribution is 5.94. The van der Waals surface area contributed by atoms with Crippen LogP contribution in [0.15, 0.2) is 54.6 Å². The van der Waals surface area contributed by atoms with Gasteiger partial charge in [0, 0.05) is 24.6 Å². The Balaban J connectivity index is 1.38. The van der Waals surface area contributed by atoms with E-state index in [-0.39, 0.29) is 12.2 Å². The van der Waals surface area contributed by atoms with Crippen LogP contribution < -0.4 is 4.74 Å². The Bertz CT molecular complexity index is 735. The lowest BCUT2D eigenvalue weighted by molar-refractivity contribution is -0.0956. The van der Waals surface area contributed by atoms with Crippen LogP contribution in [-0.4, -0.2) is 43.4 Å². The molecule has 2 saturated heterocycles. The number of para-hydroxylation sites is 1.